The van der Waals surface area contributed by atoms with Crippen molar-refractivity contribution in [3.8, 4) is 0 Å². The average Bonchev–Trinajstić information content (AvgIpc) is 3.16. The van der Waals surface area contributed by atoms with Crippen molar-refractivity contribution in [2.75, 3.05) is 0 Å². The molecule has 1 N–H and O–H groups in total. The molecule has 0 fully saturated rings. The molecule has 0 radical (unpaired) electrons. The number of hydrogen-bond donors (Lipinski definition) is 1. The first-order valence-electron chi connectivity index (χ1n) is 9.15. The van der Waals surface area contributed by atoms with E-state index in [-0.39, 0.29) is 18.0 Å². The van der Waals surface area contributed by atoms with E-state index >= 15 is 0 Å². The fraction of sp³-hybridized carbons (Fsp3) is 0.136. The molecule has 0 spiro atoms. The van der Waals surface area contributed by atoms with Crippen LogP contribution >= 0.6 is 11.3 Å². The zero-order valence-electron chi connectivity index (χ0n) is 15.8. The maximum atomic E-state index is 12.8. The van der Waals surface area contributed by atoms with Crippen LogP contribution in [0.15, 0.2) is 76.4 Å². The number of amides is 1. The summed E-state index contributed by atoms with van der Waals surface area (Å²) in [4.78, 5) is 38.6. The standard InChI is InChI=1S/C22H19N3O3S/c1-15-7-9-17(10-8-15)13-24-19(26)11-20-25(22(24)28)14-18(29-20)21(27)23-12-16-5-3-2-4-6-16/h2-11,14H,12-13H2,1H3,(H,23,27). The Labute approximate surface area is 170 Å². The van der Waals surface area contributed by atoms with Gasteiger partial charge in [-0.25, -0.2) is 4.79 Å². The number of nitrogens with one attached hydrogen (secondary N) is 1. The number of carbonyl (C=O) groups excluding carboxylic acids is 1. The molecular weight excluding hydrogens is 386 g/mol. The van der Waals surface area contributed by atoms with Gasteiger partial charge in [0.2, 0.25) is 0 Å². The van der Waals surface area contributed by atoms with Crippen molar-refractivity contribution < 1.29 is 4.79 Å². The van der Waals surface area contributed by atoms with Crippen molar-refractivity contribution in [3.63, 3.8) is 0 Å². The Balaban J connectivity index is 1.61. The van der Waals surface area contributed by atoms with Crippen molar-refractivity contribution in [2.24, 2.45) is 0 Å². The van der Waals surface area contributed by atoms with Gasteiger partial charge in [-0.05, 0) is 18.1 Å². The number of fused-ring (bicyclic) bond motifs is 1. The summed E-state index contributed by atoms with van der Waals surface area (Å²) in [5.74, 6) is -0.278. The molecule has 29 heavy (non-hydrogen) atoms. The highest BCUT2D eigenvalue weighted by Crippen LogP contribution is 2.15. The van der Waals surface area contributed by atoms with E-state index in [1.807, 2.05) is 61.5 Å². The van der Waals surface area contributed by atoms with Gasteiger partial charge in [-0.3, -0.25) is 18.6 Å². The lowest BCUT2D eigenvalue weighted by Crippen LogP contribution is -2.36. The topological polar surface area (TPSA) is 72.6 Å². The Bertz CT molecular complexity index is 1290. The predicted molar refractivity (Wildman–Crippen MR) is 114 cm³/mol. The predicted octanol–water partition coefficient (Wildman–Crippen LogP) is 2.81. The van der Waals surface area contributed by atoms with Gasteiger partial charge >= 0.3 is 5.69 Å². The van der Waals surface area contributed by atoms with Crippen molar-refractivity contribution >= 4 is 22.1 Å². The quantitative estimate of drug-likeness (QED) is 0.555. The Hall–Kier alpha value is -3.45. The maximum absolute atomic E-state index is 12.8. The number of rotatable bonds is 5. The summed E-state index contributed by atoms with van der Waals surface area (Å²) in [6.45, 7) is 2.56. The molecule has 7 heteroatoms. The number of carbonyl (C=O) groups is 1. The van der Waals surface area contributed by atoms with Gasteiger partial charge in [0.05, 0.1) is 6.54 Å². The Morgan fingerprint density at radius 1 is 1.00 bits per heavy atom. The van der Waals surface area contributed by atoms with E-state index in [1.54, 1.807) is 0 Å². The molecule has 6 nitrogen and oxygen atoms in total. The van der Waals surface area contributed by atoms with Crippen LogP contribution in [0, 0.1) is 6.92 Å². The number of hydrogen-bond acceptors (Lipinski definition) is 4. The van der Waals surface area contributed by atoms with Gasteiger partial charge in [-0.1, -0.05) is 60.2 Å². The summed E-state index contributed by atoms with van der Waals surface area (Å²) in [6, 6.07) is 18.6. The number of nitrogens with zero attached hydrogens (tertiary/aromatic N) is 2. The highest BCUT2D eigenvalue weighted by Gasteiger charge is 2.14. The van der Waals surface area contributed by atoms with Crippen LogP contribution in [0.1, 0.15) is 26.4 Å². The number of aromatic nitrogens is 2. The molecule has 2 aromatic carbocycles. The van der Waals surface area contributed by atoms with E-state index in [2.05, 4.69) is 5.32 Å². The smallest absolute Gasteiger partial charge is 0.336 e. The Morgan fingerprint density at radius 2 is 1.72 bits per heavy atom. The van der Waals surface area contributed by atoms with Gasteiger partial charge < -0.3 is 5.32 Å². The van der Waals surface area contributed by atoms with Crippen molar-refractivity contribution in [1.29, 1.82) is 0 Å². The third-order valence-corrected chi connectivity index (χ3v) is 5.66. The van der Waals surface area contributed by atoms with E-state index in [1.165, 1.54) is 21.2 Å². The molecule has 0 atom stereocenters. The molecule has 2 heterocycles. The zero-order chi connectivity index (χ0) is 20.4. The van der Waals surface area contributed by atoms with Crippen LogP contribution in [-0.2, 0) is 13.1 Å². The molecular formula is C22H19N3O3S. The van der Waals surface area contributed by atoms with Gasteiger partial charge in [0.15, 0.2) is 0 Å². The monoisotopic (exact) mass is 405 g/mol. The molecule has 0 aliphatic carbocycles. The van der Waals surface area contributed by atoms with Gasteiger partial charge in [0.25, 0.3) is 11.5 Å². The lowest BCUT2D eigenvalue weighted by atomic mass is 10.1. The van der Waals surface area contributed by atoms with Crippen LogP contribution in [0.3, 0.4) is 0 Å². The molecule has 2 aromatic heterocycles. The van der Waals surface area contributed by atoms with Gasteiger partial charge in [0, 0.05) is 18.8 Å². The average molecular weight is 405 g/mol. The minimum Gasteiger partial charge on any atom is -0.347 e. The van der Waals surface area contributed by atoms with Gasteiger partial charge in [0.1, 0.15) is 9.71 Å². The van der Waals surface area contributed by atoms with E-state index < -0.39 is 5.69 Å². The minimum atomic E-state index is -0.452. The SMILES string of the molecule is Cc1ccc(Cn2c(=O)cc3sc(C(=O)NCc4ccccc4)cn3c2=O)cc1. The summed E-state index contributed by atoms with van der Waals surface area (Å²) in [6.07, 6.45) is 1.49. The lowest BCUT2D eigenvalue weighted by Gasteiger charge is -2.05. The third kappa shape index (κ3) is 4.05. The second kappa shape index (κ2) is 7.89. The van der Waals surface area contributed by atoms with Gasteiger partial charge in [-0.2, -0.15) is 0 Å². The van der Waals surface area contributed by atoms with Crippen LogP contribution in [-0.4, -0.2) is 14.9 Å². The molecule has 0 bridgehead atoms. The molecule has 0 unspecified atom stereocenters. The Morgan fingerprint density at radius 3 is 2.45 bits per heavy atom. The van der Waals surface area contributed by atoms with Crippen LogP contribution in [0.4, 0.5) is 0 Å². The summed E-state index contributed by atoms with van der Waals surface area (Å²) in [5, 5.41) is 2.84. The van der Waals surface area contributed by atoms with E-state index in [0.29, 0.717) is 16.3 Å². The number of thiazole rings is 1. The molecule has 4 aromatic rings. The fourth-order valence-electron chi connectivity index (χ4n) is 3.02. The van der Waals surface area contributed by atoms with Crippen molar-refractivity contribution in [2.45, 2.75) is 20.0 Å². The molecule has 0 aliphatic heterocycles. The van der Waals surface area contributed by atoms with Crippen LogP contribution in [0.25, 0.3) is 4.83 Å². The summed E-state index contributed by atoms with van der Waals surface area (Å²) in [5.41, 5.74) is 2.13. The van der Waals surface area contributed by atoms with Crippen LogP contribution < -0.4 is 16.6 Å². The molecule has 0 aliphatic rings. The first kappa shape index (κ1) is 18.9. The second-order valence-corrected chi connectivity index (χ2v) is 7.87. The van der Waals surface area contributed by atoms with Crippen LogP contribution in [0.2, 0.25) is 0 Å². The van der Waals surface area contributed by atoms with E-state index in [0.717, 1.165) is 28.0 Å². The van der Waals surface area contributed by atoms with E-state index in [9.17, 15) is 14.4 Å². The van der Waals surface area contributed by atoms with E-state index in [4.69, 9.17) is 0 Å². The third-order valence-electron chi connectivity index (χ3n) is 4.63. The molecule has 0 saturated heterocycles. The molecule has 146 valence electrons. The van der Waals surface area contributed by atoms with Crippen LogP contribution in [0.5, 0.6) is 0 Å². The van der Waals surface area contributed by atoms with Crippen molar-refractivity contribution in [1.82, 2.24) is 14.3 Å². The minimum absolute atomic E-state index is 0.187. The first-order valence-corrected chi connectivity index (χ1v) is 9.96. The largest absolute Gasteiger partial charge is 0.347 e. The fourth-order valence-corrected chi connectivity index (χ4v) is 3.95. The number of aryl methyl sites for hydroxylation is 1. The number of benzene rings is 2. The summed E-state index contributed by atoms with van der Waals surface area (Å²) >= 11 is 1.12. The zero-order valence-corrected chi connectivity index (χ0v) is 16.6. The normalized spacial score (nSPS) is 10.9. The lowest BCUT2D eigenvalue weighted by molar-refractivity contribution is 0.0954. The summed E-state index contributed by atoms with van der Waals surface area (Å²) in [7, 11) is 0. The molecule has 0 saturated carbocycles. The first-order chi connectivity index (χ1) is 14.0. The van der Waals surface area contributed by atoms with Gasteiger partial charge in [-0.15, -0.1) is 11.3 Å². The highest BCUT2D eigenvalue weighted by atomic mass is 32.1. The second-order valence-electron chi connectivity index (χ2n) is 6.81. The summed E-state index contributed by atoms with van der Waals surface area (Å²) < 4.78 is 2.54. The highest BCUT2D eigenvalue weighted by molar-refractivity contribution is 7.19. The molecule has 4 rings (SSSR count). The Kier molecular flexibility index (Phi) is 5.14. The molecule has 1 amide bonds. The maximum Gasteiger partial charge on any atom is 0.336 e. The van der Waals surface area contributed by atoms with Crippen molar-refractivity contribution in [3.05, 3.63) is 109 Å².